The van der Waals surface area contributed by atoms with Crippen LogP contribution in [-0.4, -0.2) is 27.9 Å². The average molecular weight is 420 g/mol. The number of benzene rings is 2. The summed E-state index contributed by atoms with van der Waals surface area (Å²) in [5.41, 5.74) is 0.922. The molecule has 1 aromatic heterocycles. The molecule has 3 aromatic rings. The van der Waals surface area contributed by atoms with E-state index < -0.39 is 0 Å². The standard InChI is InChI=1S/C24H25N3O2S/c28-21(25-22-17-9-14-8-15(11-17)12-18(22)10-14)13-30-24-27-26-23(29-24)20-7-3-5-16-4-1-2-6-19(16)20/h1-7,14-15,17-18,22H,8-13H2,(H,25,28). The molecule has 0 unspecified atom stereocenters. The lowest BCUT2D eigenvalue weighted by atomic mass is 9.54. The lowest BCUT2D eigenvalue weighted by Crippen LogP contribution is -2.56. The summed E-state index contributed by atoms with van der Waals surface area (Å²) >= 11 is 1.32. The van der Waals surface area contributed by atoms with Crippen molar-refractivity contribution in [1.82, 2.24) is 15.5 Å². The van der Waals surface area contributed by atoms with Gasteiger partial charge in [0.05, 0.1) is 5.75 Å². The summed E-state index contributed by atoms with van der Waals surface area (Å²) in [7, 11) is 0. The third kappa shape index (κ3) is 3.31. The quantitative estimate of drug-likeness (QED) is 0.595. The van der Waals surface area contributed by atoms with Crippen LogP contribution >= 0.6 is 11.8 Å². The number of fused-ring (bicyclic) bond motifs is 1. The smallest absolute Gasteiger partial charge is 0.277 e. The second-order valence-electron chi connectivity index (χ2n) is 9.21. The van der Waals surface area contributed by atoms with Crippen molar-refractivity contribution in [1.29, 1.82) is 0 Å². The van der Waals surface area contributed by atoms with Gasteiger partial charge in [0.1, 0.15) is 0 Å². The van der Waals surface area contributed by atoms with Gasteiger partial charge in [0.25, 0.3) is 5.22 Å². The summed E-state index contributed by atoms with van der Waals surface area (Å²) in [5.74, 6) is 4.12. The van der Waals surface area contributed by atoms with Gasteiger partial charge in [-0.25, -0.2) is 0 Å². The molecule has 4 aliphatic carbocycles. The average Bonchev–Trinajstić information content (AvgIpc) is 3.23. The van der Waals surface area contributed by atoms with E-state index in [9.17, 15) is 4.79 Å². The fourth-order valence-corrected chi connectivity index (χ4v) is 6.88. The topological polar surface area (TPSA) is 68.0 Å². The zero-order chi connectivity index (χ0) is 20.1. The summed E-state index contributed by atoms with van der Waals surface area (Å²) in [5, 5.41) is 14.4. The van der Waals surface area contributed by atoms with E-state index >= 15 is 0 Å². The first kappa shape index (κ1) is 18.4. The van der Waals surface area contributed by atoms with Crippen molar-refractivity contribution in [2.75, 3.05) is 5.75 Å². The molecule has 0 atom stereocenters. The van der Waals surface area contributed by atoms with Crippen molar-refractivity contribution >= 4 is 28.4 Å². The molecule has 4 aliphatic rings. The summed E-state index contributed by atoms with van der Waals surface area (Å²) in [4.78, 5) is 12.6. The van der Waals surface area contributed by atoms with Crippen LogP contribution in [0.15, 0.2) is 52.1 Å². The minimum atomic E-state index is 0.0855. The molecule has 0 saturated heterocycles. The van der Waals surface area contributed by atoms with E-state index in [1.165, 1.54) is 43.9 Å². The van der Waals surface area contributed by atoms with Gasteiger partial charge < -0.3 is 9.73 Å². The Morgan fingerprint density at radius 1 is 0.967 bits per heavy atom. The van der Waals surface area contributed by atoms with Crippen LogP contribution in [0.4, 0.5) is 0 Å². The Balaban J connectivity index is 1.11. The van der Waals surface area contributed by atoms with E-state index in [0.717, 1.165) is 28.2 Å². The Morgan fingerprint density at radius 3 is 2.50 bits per heavy atom. The van der Waals surface area contributed by atoms with Crippen molar-refractivity contribution in [3.63, 3.8) is 0 Å². The van der Waals surface area contributed by atoms with Crippen LogP contribution in [0.3, 0.4) is 0 Å². The monoisotopic (exact) mass is 419 g/mol. The van der Waals surface area contributed by atoms with Gasteiger partial charge >= 0.3 is 0 Å². The fraction of sp³-hybridized carbons (Fsp3) is 0.458. The van der Waals surface area contributed by atoms with Gasteiger partial charge in [-0.3, -0.25) is 4.79 Å². The first-order chi connectivity index (χ1) is 14.7. The number of rotatable bonds is 5. The molecule has 5 nitrogen and oxygen atoms in total. The predicted molar refractivity (Wildman–Crippen MR) is 117 cm³/mol. The number of amides is 1. The van der Waals surface area contributed by atoms with Crippen molar-refractivity contribution in [3.8, 4) is 11.5 Å². The third-order valence-electron chi connectivity index (χ3n) is 7.31. The highest BCUT2D eigenvalue weighted by Crippen LogP contribution is 2.53. The van der Waals surface area contributed by atoms with Gasteiger partial charge in [0, 0.05) is 11.6 Å². The molecule has 1 heterocycles. The van der Waals surface area contributed by atoms with Crippen molar-refractivity contribution in [3.05, 3.63) is 42.5 Å². The van der Waals surface area contributed by atoms with E-state index in [1.807, 2.05) is 24.3 Å². The lowest BCUT2D eigenvalue weighted by molar-refractivity contribution is -0.122. The van der Waals surface area contributed by atoms with Crippen LogP contribution in [0.1, 0.15) is 32.1 Å². The van der Waals surface area contributed by atoms with E-state index in [4.69, 9.17) is 4.42 Å². The molecule has 4 saturated carbocycles. The van der Waals surface area contributed by atoms with Gasteiger partial charge in [-0.15, -0.1) is 10.2 Å². The van der Waals surface area contributed by atoms with Gasteiger partial charge in [-0.1, -0.05) is 48.2 Å². The summed E-state index contributed by atoms with van der Waals surface area (Å²) in [6.45, 7) is 0. The van der Waals surface area contributed by atoms with Gasteiger partial charge in [-0.05, 0) is 72.6 Å². The summed E-state index contributed by atoms with van der Waals surface area (Å²) in [6.07, 6.45) is 6.66. The number of nitrogens with zero attached hydrogens (tertiary/aromatic N) is 2. The minimum Gasteiger partial charge on any atom is -0.411 e. The second kappa shape index (κ2) is 7.41. The van der Waals surface area contributed by atoms with Crippen molar-refractivity contribution in [2.45, 2.75) is 43.4 Å². The van der Waals surface area contributed by atoms with Crippen molar-refractivity contribution in [2.24, 2.45) is 23.7 Å². The molecular formula is C24H25N3O2S. The minimum absolute atomic E-state index is 0.0855. The first-order valence-electron chi connectivity index (χ1n) is 11.0. The molecule has 2 aromatic carbocycles. The number of carbonyl (C=O) groups is 1. The fourth-order valence-electron chi connectivity index (χ4n) is 6.30. The predicted octanol–water partition coefficient (Wildman–Crippen LogP) is 4.92. The Labute approximate surface area is 180 Å². The Morgan fingerprint density at radius 2 is 1.70 bits per heavy atom. The number of hydrogen-bond donors (Lipinski definition) is 1. The highest BCUT2D eigenvalue weighted by Gasteiger charge is 2.48. The van der Waals surface area contributed by atoms with Crippen LogP contribution in [-0.2, 0) is 4.79 Å². The molecule has 4 fully saturated rings. The molecular weight excluding hydrogens is 394 g/mol. The van der Waals surface area contributed by atoms with Crippen molar-refractivity contribution < 1.29 is 9.21 Å². The molecule has 1 amide bonds. The Kier molecular flexibility index (Phi) is 4.55. The maximum absolute atomic E-state index is 12.6. The highest BCUT2D eigenvalue weighted by atomic mass is 32.2. The van der Waals surface area contributed by atoms with Gasteiger partial charge in [-0.2, -0.15) is 0 Å². The van der Waals surface area contributed by atoms with Crippen LogP contribution in [0.25, 0.3) is 22.2 Å². The second-order valence-corrected chi connectivity index (χ2v) is 10.1. The van der Waals surface area contributed by atoms with Crippen LogP contribution in [0, 0.1) is 23.7 Å². The number of hydrogen-bond acceptors (Lipinski definition) is 5. The van der Waals surface area contributed by atoms with E-state index in [-0.39, 0.29) is 5.91 Å². The zero-order valence-electron chi connectivity index (χ0n) is 16.8. The van der Waals surface area contributed by atoms with Gasteiger partial charge in [0.2, 0.25) is 11.8 Å². The molecule has 0 radical (unpaired) electrons. The molecule has 6 heteroatoms. The summed E-state index contributed by atoms with van der Waals surface area (Å²) in [6, 6.07) is 14.6. The van der Waals surface area contributed by atoms with Crippen LogP contribution < -0.4 is 5.32 Å². The maximum Gasteiger partial charge on any atom is 0.277 e. The van der Waals surface area contributed by atoms with Gasteiger partial charge in [0.15, 0.2) is 0 Å². The molecule has 1 N–H and O–H groups in total. The van der Waals surface area contributed by atoms with E-state index in [2.05, 4.69) is 33.7 Å². The maximum atomic E-state index is 12.6. The lowest BCUT2D eigenvalue weighted by Gasteiger charge is -2.54. The number of aromatic nitrogens is 2. The molecule has 154 valence electrons. The molecule has 4 bridgehead atoms. The highest BCUT2D eigenvalue weighted by molar-refractivity contribution is 7.99. The van der Waals surface area contributed by atoms with E-state index in [0.29, 0.717) is 34.7 Å². The largest absolute Gasteiger partial charge is 0.411 e. The number of nitrogens with one attached hydrogen (secondary N) is 1. The molecule has 0 aliphatic heterocycles. The molecule has 30 heavy (non-hydrogen) atoms. The summed E-state index contributed by atoms with van der Waals surface area (Å²) < 4.78 is 5.87. The SMILES string of the molecule is O=C(CSc1nnc(-c2cccc3ccccc23)o1)NC1C2CC3CC(C2)CC1C3. The number of carbonyl (C=O) groups excluding carboxylic acids is 1. The third-order valence-corrected chi connectivity index (χ3v) is 8.13. The van der Waals surface area contributed by atoms with E-state index in [1.54, 1.807) is 0 Å². The van der Waals surface area contributed by atoms with Crippen LogP contribution in [0.2, 0.25) is 0 Å². The molecule has 0 spiro atoms. The normalized spacial score (nSPS) is 29.4. The number of thioether (sulfide) groups is 1. The molecule has 7 rings (SSSR count). The Bertz CT molecular complexity index is 1060. The van der Waals surface area contributed by atoms with Crippen LogP contribution in [0.5, 0.6) is 0 Å². The Hall–Kier alpha value is -2.34. The first-order valence-corrected chi connectivity index (χ1v) is 12.0. The zero-order valence-corrected chi connectivity index (χ0v) is 17.6.